The van der Waals surface area contributed by atoms with Gasteiger partial charge in [0.2, 0.25) is 0 Å². The van der Waals surface area contributed by atoms with E-state index in [1.165, 1.54) is 22.3 Å². The van der Waals surface area contributed by atoms with Crippen LogP contribution in [0.5, 0.6) is 23.0 Å². The summed E-state index contributed by atoms with van der Waals surface area (Å²) in [6.45, 7) is 20.4. The van der Waals surface area contributed by atoms with Gasteiger partial charge in [-0.15, -0.1) is 0 Å². The van der Waals surface area contributed by atoms with E-state index >= 15 is 0 Å². The lowest BCUT2D eigenvalue weighted by Crippen LogP contribution is -2.57. The van der Waals surface area contributed by atoms with Gasteiger partial charge in [-0.05, 0) is 73.6 Å². The van der Waals surface area contributed by atoms with E-state index in [0.717, 1.165) is 121 Å². The molecule has 0 saturated carbocycles. The molecule has 4 rings (SSSR count). The zero-order valence-corrected chi connectivity index (χ0v) is 37.3. The Morgan fingerprint density at radius 3 is 0.782 bits per heavy atom. The summed E-state index contributed by atoms with van der Waals surface area (Å²) in [5, 5.41) is 4.54. The molecule has 0 saturated heterocycles. The van der Waals surface area contributed by atoms with E-state index < -0.39 is 18.1 Å². The molecule has 0 N–H and O–H groups in total. The van der Waals surface area contributed by atoms with Crippen LogP contribution in [-0.4, -0.2) is 44.5 Å². The number of hydrogen-bond acceptors (Lipinski definition) is 5. The van der Waals surface area contributed by atoms with Crippen molar-refractivity contribution in [2.45, 2.75) is 132 Å². The highest BCUT2D eigenvalue weighted by atomic mass is 28.4. The second-order valence-electron chi connectivity index (χ2n) is 14.2. The lowest BCUT2D eigenvalue weighted by Gasteiger charge is -2.30. The molecule has 0 heterocycles. The van der Waals surface area contributed by atoms with Gasteiger partial charge >= 0.3 is 0 Å². The SMILES string of the molecule is CCCCOc1c(CC)cccc1[Si](O[Si](c1cccc(CC)c1OCCCC)c1cccc(CC)c1OCCCC)c1cccc(CC)c1OCCCC. The molecule has 0 aromatic heterocycles. The molecule has 0 aliphatic carbocycles. The van der Waals surface area contributed by atoms with E-state index in [4.69, 9.17) is 23.1 Å². The lowest BCUT2D eigenvalue weighted by atomic mass is 10.1. The maximum atomic E-state index is 8.06. The molecule has 0 amide bonds. The molecule has 2 radical (unpaired) electrons. The Kier molecular flexibility index (Phi) is 19.4. The molecule has 5 nitrogen and oxygen atoms in total. The minimum atomic E-state index is -2.03. The summed E-state index contributed by atoms with van der Waals surface area (Å²) in [5.74, 6) is 3.88. The Morgan fingerprint density at radius 1 is 0.345 bits per heavy atom. The Balaban J connectivity index is 2.10. The minimum Gasteiger partial charge on any atom is -0.493 e. The predicted octanol–water partition coefficient (Wildman–Crippen LogP) is 9.58. The molecule has 0 atom stereocenters. The van der Waals surface area contributed by atoms with Gasteiger partial charge in [-0.3, -0.25) is 0 Å². The average Bonchev–Trinajstić information content (AvgIpc) is 3.22. The third-order valence-corrected chi connectivity index (χ3v) is 15.2. The number of ether oxygens (including phenoxy) is 4. The van der Waals surface area contributed by atoms with Gasteiger partial charge < -0.3 is 23.1 Å². The first-order valence-corrected chi connectivity index (χ1v) is 24.2. The van der Waals surface area contributed by atoms with Crippen molar-refractivity contribution in [1.82, 2.24) is 0 Å². The van der Waals surface area contributed by atoms with Crippen molar-refractivity contribution in [2.75, 3.05) is 26.4 Å². The highest BCUT2D eigenvalue weighted by molar-refractivity contribution is 6.93. The second kappa shape index (κ2) is 24.2. The Bertz CT molecular complexity index is 1480. The van der Waals surface area contributed by atoms with Crippen molar-refractivity contribution in [3.05, 3.63) is 95.1 Å². The predicted molar refractivity (Wildman–Crippen MR) is 236 cm³/mol. The molecule has 0 aliphatic rings. The number of para-hydroxylation sites is 4. The quantitative estimate of drug-likeness (QED) is 0.0470. The Hall–Kier alpha value is -3.53. The molecule has 0 fully saturated rings. The van der Waals surface area contributed by atoms with Gasteiger partial charge in [-0.1, -0.05) is 154 Å². The minimum absolute atomic E-state index is 0.671. The van der Waals surface area contributed by atoms with Crippen LogP contribution in [0, 0.1) is 0 Å². The van der Waals surface area contributed by atoms with Crippen LogP contribution in [0.25, 0.3) is 0 Å². The van der Waals surface area contributed by atoms with Gasteiger partial charge in [0.05, 0.1) is 26.4 Å². The third-order valence-electron chi connectivity index (χ3n) is 10.1. The number of benzene rings is 4. The van der Waals surface area contributed by atoms with Crippen LogP contribution in [0.4, 0.5) is 0 Å². The van der Waals surface area contributed by atoms with Crippen molar-refractivity contribution < 1.29 is 23.1 Å². The van der Waals surface area contributed by atoms with Gasteiger partial charge in [-0.2, -0.15) is 0 Å². The third kappa shape index (κ3) is 11.7. The van der Waals surface area contributed by atoms with Crippen LogP contribution >= 0.6 is 0 Å². The highest BCUT2D eigenvalue weighted by Gasteiger charge is 2.37. The molecule has 4 aromatic carbocycles. The van der Waals surface area contributed by atoms with Crippen LogP contribution < -0.4 is 39.7 Å². The van der Waals surface area contributed by atoms with Gasteiger partial charge in [0.15, 0.2) is 0 Å². The standard InChI is InChI=1S/C48H68O5Si2/c1-9-17-33-49-45-37(13-5)25-21-29-41(45)54(42-30-22-26-38(14-6)46(42)50-34-18-10-2)53-55(43-31-23-27-39(15-7)47(43)51-35-19-11-3)44-32-24-28-40(16-8)48(44)52-36-20-12-4/h21-32H,9-20,33-36H2,1-8H3. The van der Waals surface area contributed by atoms with Gasteiger partial charge in [0.1, 0.15) is 23.0 Å². The van der Waals surface area contributed by atoms with E-state index in [-0.39, 0.29) is 0 Å². The second-order valence-corrected chi connectivity index (χ2v) is 18.4. The van der Waals surface area contributed by atoms with E-state index in [1.54, 1.807) is 0 Å². The largest absolute Gasteiger partial charge is 0.493 e. The van der Waals surface area contributed by atoms with Gasteiger partial charge in [0.25, 0.3) is 18.1 Å². The van der Waals surface area contributed by atoms with Crippen molar-refractivity contribution in [1.29, 1.82) is 0 Å². The van der Waals surface area contributed by atoms with E-state index in [2.05, 4.69) is 128 Å². The van der Waals surface area contributed by atoms with Crippen LogP contribution in [0.3, 0.4) is 0 Å². The zero-order chi connectivity index (χ0) is 39.4. The van der Waals surface area contributed by atoms with Crippen LogP contribution in [0.15, 0.2) is 72.8 Å². The topological polar surface area (TPSA) is 46.2 Å². The average molecular weight is 781 g/mol. The molecule has 0 unspecified atom stereocenters. The highest BCUT2D eigenvalue weighted by Crippen LogP contribution is 2.26. The smallest absolute Gasteiger partial charge is 0.280 e. The summed E-state index contributed by atoms with van der Waals surface area (Å²) >= 11 is 0. The molecule has 0 bridgehead atoms. The fourth-order valence-corrected chi connectivity index (χ4v) is 12.6. The van der Waals surface area contributed by atoms with Crippen LogP contribution in [0.1, 0.15) is 129 Å². The summed E-state index contributed by atoms with van der Waals surface area (Å²) in [6.07, 6.45) is 11.8. The molecule has 0 spiro atoms. The molecule has 0 aliphatic heterocycles. The zero-order valence-electron chi connectivity index (χ0n) is 35.3. The van der Waals surface area contributed by atoms with Crippen molar-refractivity contribution in [3.63, 3.8) is 0 Å². The summed E-state index contributed by atoms with van der Waals surface area (Å²) in [7, 11) is -4.05. The maximum absolute atomic E-state index is 8.06. The molecular weight excluding hydrogens is 713 g/mol. The fraction of sp³-hybridized carbons (Fsp3) is 0.500. The van der Waals surface area contributed by atoms with Crippen molar-refractivity contribution in [3.8, 4) is 23.0 Å². The Labute approximate surface area is 337 Å². The maximum Gasteiger partial charge on any atom is 0.280 e. The lowest BCUT2D eigenvalue weighted by molar-refractivity contribution is 0.307. The molecule has 55 heavy (non-hydrogen) atoms. The molecule has 7 heteroatoms. The van der Waals surface area contributed by atoms with Gasteiger partial charge in [-0.25, -0.2) is 0 Å². The van der Waals surface area contributed by atoms with E-state index in [0.29, 0.717) is 26.4 Å². The summed E-state index contributed by atoms with van der Waals surface area (Å²) in [6, 6.07) is 26.6. The summed E-state index contributed by atoms with van der Waals surface area (Å²) in [5.41, 5.74) is 4.84. The first kappa shape index (κ1) is 44.2. The Morgan fingerprint density at radius 2 is 0.582 bits per heavy atom. The summed E-state index contributed by atoms with van der Waals surface area (Å²) < 4.78 is 35.3. The van der Waals surface area contributed by atoms with E-state index in [1.807, 2.05) is 0 Å². The molecule has 298 valence electrons. The van der Waals surface area contributed by atoms with Crippen molar-refractivity contribution in [2.24, 2.45) is 0 Å². The number of unbranched alkanes of at least 4 members (excludes halogenated alkanes) is 4. The number of aryl methyl sites for hydroxylation is 4. The monoisotopic (exact) mass is 780 g/mol. The first-order valence-electron chi connectivity index (χ1n) is 21.4. The normalized spacial score (nSPS) is 11.4. The van der Waals surface area contributed by atoms with Crippen LogP contribution in [-0.2, 0) is 29.8 Å². The van der Waals surface area contributed by atoms with E-state index in [9.17, 15) is 0 Å². The van der Waals surface area contributed by atoms with Crippen LogP contribution in [0.2, 0.25) is 0 Å². The molecule has 4 aromatic rings. The first-order chi connectivity index (χ1) is 27.0. The fourth-order valence-electron chi connectivity index (χ4n) is 6.74. The molecular formula is C48H68O5Si2. The number of rotatable bonds is 26. The number of hydrogen-bond donors (Lipinski definition) is 0. The van der Waals surface area contributed by atoms with Gasteiger partial charge in [0, 0.05) is 20.7 Å². The summed E-state index contributed by atoms with van der Waals surface area (Å²) in [4.78, 5) is 0. The van der Waals surface area contributed by atoms with Crippen molar-refractivity contribution >= 4 is 38.8 Å².